The first kappa shape index (κ1) is 22.2. The molecule has 0 fully saturated rings. The van der Waals surface area contributed by atoms with E-state index < -0.39 is 17.7 Å². The number of fused-ring (bicyclic) bond motifs is 2. The van der Waals surface area contributed by atoms with Crippen LogP contribution in [-0.2, 0) is 9.53 Å². The van der Waals surface area contributed by atoms with Gasteiger partial charge in [-0.15, -0.1) is 0 Å². The standard InChI is InChI=1S/C24H23NO8/c1-24(2,3)33-23(28)25-12-21(26)32-15-5-6-16-19(11-15)31-13-17(22(16)27)14-4-7-18-20(10-14)30-9-8-29-18/h4-7,10-11,13H,8-9,12H2,1-3H3,(H,25,28). The summed E-state index contributed by atoms with van der Waals surface area (Å²) in [5.41, 5.74) is 0.344. The Morgan fingerprint density at radius 3 is 2.55 bits per heavy atom. The largest absolute Gasteiger partial charge is 0.486 e. The van der Waals surface area contributed by atoms with Gasteiger partial charge in [-0.2, -0.15) is 0 Å². The van der Waals surface area contributed by atoms with Gasteiger partial charge in [-0.25, -0.2) is 9.59 Å². The number of hydrogen-bond acceptors (Lipinski definition) is 8. The first-order valence-corrected chi connectivity index (χ1v) is 10.3. The van der Waals surface area contributed by atoms with Crippen molar-refractivity contribution in [2.75, 3.05) is 19.8 Å². The Bertz CT molecular complexity index is 1270. The van der Waals surface area contributed by atoms with Crippen molar-refractivity contribution in [2.45, 2.75) is 26.4 Å². The van der Waals surface area contributed by atoms with E-state index in [1.165, 1.54) is 24.5 Å². The number of amides is 1. The van der Waals surface area contributed by atoms with E-state index >= 15 is 0 Å². The Labute approximate surface area is 189 Å². The summed E-state index contributed by atoms with van der Waals surface area (Å²) in [6, 6.07) is 9.70. The average molecular weight is 453 g/mol. The molecule has 1 aliphatic heterocycles. The predicted molar refractivity (Wildman–Crippen MR) is 119 cm³/mol. The van der Waals surface area contributed by atoms with Gasteiger partial charge in [0.2, 0.25) is 0 Å². The first-order chi connectivity index (χ1) is 15.7. The maximum absolute atomic E-state index is 13.0. The van der Waals surface area contributed by atoms with Gasteiger partial charge in [0, 0.05) is 6.07 Å². The lowest BCUT2D eigenvalue weighted by Gasteiger charge is -2.19. The normalized spacial score (nSPS) is 12.8. The lowest BCUT2D eigenvalue weighted by atomic mass is 10.0. The molecule has 172 valence electrons. The number of hydrogen-bond donors (Lipinski definition) is 1. The van der Waals surface area contributed by atoms with Gasteiger partial charge < -0.3 is 28.7 Å². The predicted octanol–water partition coefficient (Wildman–Crippen LogP) is 3.66. The van der Waals surface area contributed by atoms with Crippen molar-refractivity contribution in [3.63, 3.8) is 0 Å². The Kier molecular flexibility index (Phi) is 5.95. The summed E-state index contributed by atoms with van der Waals surface area (Å²) in [6.07, 6.45) is 0.627. The van der Waals surface area contributed by atoms with Crippen molar-refractivity contribution in [2.24, 2.45) is 0 Å². The molecule has 2 heterocycles. The van der Waals surface area contributed by atoms with E-state index in [0.29, 0.717) is 41.2 Å². The average Bonchev–Trinajstić information content (AvgIpc) is 2.76. The monoisotopic (exact) mass is 453 g/mol. The summed E-state index contributed by atoms with van der Waals surface area (Å²) in [5, 5.41) is 2.65. The summed E-state index contributed by atoms with van der Waals surface area (Å²) in [5.74, 6) is 0.674. The SMILES string of the molecule is CC(C)(C)OC(=O)NCC(=O)Oc1ccc2c(=O)c(-c3ccc4c(c3)OCCO4)coc2c1. The van der Waals surface area contributed by atoms with Crippen molar-refractivity contribution in [3.05, 3.63) is 52.9 Å². The number of benzene rings is 2. The Morgan fingerprint density at radius 1 is 1.03 bits per heavy atom. The molecule has 9 heteroatoms. The van der Waals surface area contributed by atoms with Crippen LogP contribution in [0.3, 0.4) is 0 Å². The summed E-state index contributed by atoms with van der Waals surface area (Å²) >= 11 is 0. The van der Waals surface area contributed by atoms with Crippen LogP contribution in [0, 0.1) is 0 Å². The number of rotatable bonds is 4. The molecule has 0 spiro atoms. The lowest BCUT2D eigenvalue weighted by Crippen LogP contribution is -2.36. The second-order valence-corrected chi connectivity index (χ2v) is 8.32. The molecule has 0 atom stereocenters. The van der Waals surface area contributed by atoms with Crippen LogP contribution < -0.4 is 25.0 Å². The third-order valence-corrected chi connectivity index (χ3v) is 4.61. The second-order valence-electron chi connectivity index (χ2n) is 8.32. The van der Waals surface area contributed by atoms with E-state index in [1.807, 2.05) is 0 Å². The smallest absolute Gasteiger partial charge is 0.408 e. The van der Waals surface area contributed by atoms with Crippen LogP contribution in [0.15, 0.2) is 51.9 Å². The van der Waals surface area contributed by atoms with Crippen LogP contribution in [-0.4, -0.2) is 37.4 Å². The molecule has 0 saturated heterocycles. The molecule has 0 radical (unpaired) electrons. The molecule has 33 heavy (non-hydrogen) atoms. The topological polar surface area (TPSA) is 113 Å². The molecule has 0 saturated carbocycles. The molecule has 0 aliphatic carbocycles. The van der Waals surface area contributed by atoms with Gasteiger partial charge in [0.1, 0.15) is 43.0 Å². The van der Waals surface area contributed by atoms with Gasteiger partial charge >= 0.3 is 12.1 Å². The molecule has 1 aromatic heterocycles. The summed E-state index contributed by atoms with van der Waals surface area (Å²) in [4.78, 5) is 36.7. The third-order valence-electron chi connectivity index (χ3n) is 4.61. The minimum atomic E-state index is -0.726. The van der Waals surface area contributed by atoms with E-state index in [0.717, 1.165) is 0 Å². The lowest BCUT2D eigenvalue weighted by molar-refractivity contribution is -0.133. The number of ether oxygens (including phenoxy) is 4. The van der Waals surface area contributed by atoms with Crippen LogP contribution in [0.2, 0.25) is 0 Å². The zero-order valence-electron chi connectivity index (χ0n) is 18.4. The number of carbonyl (C=O) groups excluding carboxylic acids is 2. The number of nitrogens with one attached hydrogen (secondary N) is 1. The zero-order valence-corrected chi connectivity index (χ0v) is 18.4. The molecule has 1 aliphatic rings. The number of carbonyl (C=O) groups is 2. The summed E-state index contributed by atoms with van der Waals surface area (Å²) < 4.78 is 27.0. The molecule has 4 rings (SSSR count). The van der Waals surface area contributed by atoms with E-state index in [1.54, 1.807) is 39.0 Å². The minimum Gasteiger partial charge on any atom is -0.486 e. The quantitative estimate of drug-likeness (QED) is 0.470. The van der Waals surface area contributed by atoms with E-state index in [4.69, 9.17) is 23.4 Å². The maximum Gasteiger partial charge on any atom is 0.408 e. The molecular formula is C24H23NO8. The van der Waals surface area contributed by atoms with Gasteiger partial charge in [0.25, 0.3) is 0 Å². The summed E-state index contributed by atoms with van der Waals surface area (Å²) in [7, 11) is 0. The second kappa shape index (κ2) is 8.85. The fourth-order valence-corrected chi connectivity index (χ4v) is 3.21. The highest BCUT2D eigenvalue weighted by Gasteiger charge is 2.18. The fourth-order valence-electron chi connectivity index (χ4n) is 3.21. The highest BCUT2D eigenvalue weighted by Crippen LogP contribution is 2.34. The minimum absolute atomic E-state index is 0.175. The molecular weight excluding hydrogens is 430 g/mol. The third kappa shape index (κ3) is 5.25. The highest BCUT2D eigenvalue weighted by atomic mass is 16.6. The first-order valence-electron chi connectivity index (χ1n) is 10.3. The zero-order chi connectivity index (χ0) is 23.6. The summed E-state index contributed by atoms with van der Waals surface area (Å²) in [6.45, 7) is 5.69. The maximum atomic E-state index is 13.0. The van der Waals surface area contributed by atoms with E-state index in [9.17, 15) is 14.4 Å². The van der Waals surface area contributed by atoms with Crippen molar-refractivity contribution >= 4 is 23.0 Å². The van der Waals surface area contributed by atoms with E-state index in [2.05, 4.69) is 5.32 Å². The fraction of sp³-hybridized carbons (Fsp3) is 0.292. The van der Waals surface area contributed by atoms with Crippen molar-refractivity contribution in [1.82, 2.24) is 5.32 Å². The molecule has 1 amide bonds. The molecule has 9 nitrogen and oxygen atoms in total. The van der Waals surface area contributed by atoms with Crippen LogP contribution >= 0.6 is 0 Å². The molecule has 2 aromatic carbocycles. The van der Waals surface area contributed by atoms with Gasteiger partial charge in [-0.05, 0) is 50.6 Å². The molecule has 0 unspecified atom stereocenters. The Balaban J connectivity index is 1.48. The van der Waals surface area contributed by atoms with Crippen molar-refractivity contribution in [1.29, 1.82) is 0 Å². The molecule has 3 aromatic rings. The Morgan fingerprint density at radius 2 is 1.79 bits per heavy atom. The Hall–Kier alpha value is -4.01. The van der Waals surface area contributed by atoms with Gasteiger partial charge in [-0.1, -0.05) is 6.07 Å². The van der Waals surface area contributed by atoms with Gasteiger partial charge in [0.15, 0.2) is 16.9 Å². The van der Waals surface area contributed by atoms with Gasteiger partial charge in [0.05, 0.1) is 10.9 Å². The van der Waals surface area contributed by atoms with E-state index in [-0.39, 0.29) is 23.3 Å². The molecule has 1 N–H and O–H groups in total. The van der Waals surface area contributed by atoms with Crippen LogP contribution in [0.4, 0.5) is 4.79 Å². The molecule has 0 bridgehead atoms. The number of esters is 1. The number of alkyl carbamates (subject to hydrolysis) is 1. The van der Waals surface area contributed by atoms with Crippen LogP contribution in [0.25, 0.3) is 22.1 Å². The van der Waals surface area contributed by atoms with Gasteiger partial charge in [-0.3, -0.25) is 4.79 Å². The highest BCUT2D eigenvalue weighted by molar-refractivity contribution is 5.84. The van der Waals surface area contributed by atoms with Crippen LogP contribution in [0.5, 0.6) is 17.2 Å². The van der Waals surface area contributed by atoms with Crippen molar-refractivity contribution < 1.29 is 33.0 Å². The van der Waals surface area contributed by atoms with Crippen LogP contribution in [0.1, 0.15) is 20.8 Å². The van der Waals surface area contributed by atoms with Crippen molar-refractivity contribution in [3.8, 4) is 28.4 Å².